The third kappa shape index (κ3) is 5.01. The molecule has 0 radical (unpaired) electrons. The summed E-state index contributed by atoms with van der Waals surface area (Å²) in [6.07, 6.45) is -1.00. The summed E-state index contributed by atoms with van der Waals surface area (Å²) in [5.74, 6) is -0.557. The lowest BCUT2D eigenvalue weighted by Gasteiger charge is -2.16. The molecule has 2 rings (SSSR count). The quantitative estimate of drug-likeness (QED) is 0.812. The molecular formula is C16H17F2NO3S. The number of benzene rings is 1. The predicted molar refractivity (Wildman–Crippen MR) is 83.8 cm³/mol. The van der Waals surface area contributed by atoms with Crippen molar-refractivity contribution in [1.82, 2.24) is 5.32 Å². The first-order chi connectivity index (χ1) is 11.0. The normalized spacial score (nSPS) is 13.6. The van der Waals surface area contributed by atoms with Crippen LogP contribution in [0, 0.1) is 0 Å². The van der Waals surface area contributed by atoms with Gasteiger partial charge in [0.05, 0.1) is 12.0 Å². The Morgan fingerprint density at radius 2 is 2.13 bits per heavy atom. The first-order valence-corrected chi connectivity index (χ1v) is 7.94. The van der Waals surface area contributed by atoms with E-state index in [9.17, 15) is 18.7 Å². The van der Waals surface area contributed by atoms with Crippen LogP contribution in [-0.4, -0.2) is 24.2 Å². The Kier molecular flexibility index (Phi) is 6.06. The van der Waals surface area contributed by atoms with Crippen LogP contribution in [0.3, 0.4) is 0 Å². The molecule has 0 fully saturated rings. The van der Waals surface area contributed by atoms with E-state index in [1.54, 1.807) is 13.0 Å². The molecule has 1 amide bonds. The molecule has 2 atom stereocenters. The molecule has 0 spiro atoms. The molecule has 2 unspecified atom stereocenters. The Labute approximate surface area is 136 Å². The first kappa shape index (κ1) is 17.4. The summed E-state index contributed by atoms with van der Waals surface area (Å²) in [6, 6.07) is 7.66. The predicted octanol–water partition coefficient (Wildman–Crippen LogP) is 3.30. The van der Waals surface area contributed by atoms with Gasteiger partial charge in [0.15, 0.2) is 0 Å². The van der Waals surface area contributed by atoms with Gasteiger partial charge in [0.25, 0.3) is 0 Å². The number of thiophene rings is 1. The Balaban J connectivity index is 1.91. The summed E-state index contributed by atoms with van der Waals surface area (Å²) in [5, 5.41) is 16.5. The van der Waals surface area contributed by atoms with Gasteiger partial charge in [0, 0.05) is 6.54 Å². The maximum absolute atomic E-state index is 12.2. The van der Waals surface area contributed by atoms with Crippen LogP contribution in [0.5, 0.6) is 5.75 Å². The first-order valence-electron chi connectivity index (χ1n) is 7.00. The second kappa shape index (κ2) is 8.03. The molecule has 0 bridgehead atoms. The number of ether oxygens (including phenoxy) is 1. The molecule has 0 saturated heterocycles. The maximum atomic E-state index is 12.2. The van der Waals surface area contributed by atoms with Crippen LogP contribution in [0.1, 0.15) is 30.1 Å². The number of rotatable bonds is 7. The molecule has 23 heavy (non-hydrogen) atoms. The van der Waals surface area contributed by atoms with E-state index in [-0.39, 0.29) is 24.1 Å². The lowest BCUT2D eigenvalue weighted by Crippen LogP contribution is -2.31. The Bertz CT molecular complexity index is 634. The largest absolute Gasteiger partial charge is 0.435 e. The smallest absolute Gasteiger partial charge is 0.387 e. The molecule has 1 aromatic carbocycles. The van der Waals surface area contributed by atoms with Crippen LogP contribution in [-0.2, 0) is 4.79 Å². The highest BCUT2D eigenvalue weighted by Gasteiger charge is 2.17. The van der Waals surface area contributed by atoms with Gasteiger partial charge < -0.3 is 15.2 Å². The fourth-order valence-electron chi connectivity index (χ4n) is 2.04. The Morgan fingerprint density at radius 1 is 1.35 bits per heavy atom. The molecule has 0 aliphatic heterocycles. The lowest BCUT2D eigenvalue weighted by atomic mass is 10.0. The van der Waals surface area contributed by atoms with E-state index in [4.69, 9.17) is 0 Å². The number of alkyl halides is 2. The van der Waals surface area contributed by atoms with Crippen LogP contribution < -0.4 is 10.1 Å². The van der Waals surface area contributed by atoms with Crippen LogP contribution in [0.2, 0.25) is 0 Å². The summed E-state index contributed by atoms with van der Waals surface area (Å²) < 4.78 is 28.7. The highest BCUT2D eigenvalue weighted by molar-refractivity contribution is 7.08. The molecule has 0 aliphatic rings. The molecule has 124 valence electrons. The van der Waals surface area contributed by atoms with Crippen molar-refractivity contribution in [3.05, 3.63) is 52.2 Å². The van der Waals surface area contributed by atoms with Crippen molar-refractivity contribution in [1.29, 1.82) is 0 Å². The number of carbonyl (C=O) groups excluding carboxylic acids is 1. The minimum absolute atomic E-state index is 0.00849. The number of aliphatic hydroxyl groups is 1. The molecule has 0 aliphatic carbocycles. The third-order valence-electron chi connectivity index (χ3n) is 3.37. The summed E-state index contributed by atoms with van der Waals surface area (Å²) in [5.41, 5.74) is 1.31. The van der Waals surface area contributed by atoms with E-state index in [2.05, 4.69) is 10.1 Å². The lowest BCUT2D eigenvalue weighted by molar-refractivity contribution is -0.122. The number of hydrogen-bond donors (Lipinski definition) is 2. The number of carbonyl (C=O) groups is 1. The van der Waals surface area contributed by atoms with Gasteiger partial charge in [-0.1, -0.05) is 12.1 Å². The standard InChI is InChI=1S/C16H17F2NO3S/c1-10(12-5-6-23-9-12)15(21)19-8-14(20)11-3-2-4-13(7-11)22-16(17)18/h2-7,9-10,14,16,20H,8H2,1H3,(H,19,21). The molecular weight excluding hydrogens is 324 g/mol. The van der Waals surface area contributed by atoms with Crippen LogP contribution >= 0.6 is 11.3 Å². The van der Waals surface area contributed by atoms with E-state index in [1.807, 2.05) is 16.8 Å². The van der Waals surface area contributed by atoms with Gasteiger partial charge in [-0.05, 0) is 47.0 Å². The minimum Gasteiger partial charge on any atom is -0.435 e. The maximum Gasteiger partial charge on any atom is 0.387 e. The molecule has 1 heterocycles. The van der Waals surface area contributed by atoms with Crippen molar-refractivity contribution in [3.8, 4) is 5.75 Å². The summed E-state index contributed by atoms with van der Waals surface area (Å²) >= 11 is 1.51. The molecule has 7 heteroatoms. The van der Waals surface area contributed by atoms with Gasteiger partial charge in [0.2, 0.25) is 5.91 Å². The number of aliphatic hydroxyl groups excluding tert-OH is 1. The molecule has 2 N–H and O–H groups in total. The van der Waals surface area contributed by atoms with Crippen molar-refractivity contribution in [2.45, 2.75) is 25.6 Å². The number of amides is 1. The number of halogens is 2. The van der Waals surface area contributed by atoms with Gasteiger partial charge >= 0.3 is 6.61 Å². The Hall–Kier alpha value is -1.99. The Morgan fingerprint density at radius 3 is 2.78 bits per heavy atom. The van der Waals surface area contributed by atoms with Crippen molar-refractivity contribution in [3.63, 3.8) is 0 Å². The summed E-state index contributed by atoms with van der Waals surface area (Å²) in [7, 11) is 0. The number of hydrogen-bond acceptors (Lipinski definition) is 4. The molecule has 0 saturated carbocycles. The van der Waals surface area contributed by atoms with Gasteiger partial charge in [-0.15, -0.1) is 0 Å². The van der Waals surface area contributed by atoms with E-state index >= 15 is 0 Å². The van der Waals surface area contributed by atoms with E-state index in [0.717, 1.165) is 5.56 Å². The van der Waals surface area contributed by atoms with Gasteiger partial charge in [-0.25, -0.2) is 0 Å². The fourth-order valence-corrected chi connectivity index (χ4v) is 2.79. The summed E-state index contributed by atoms with van der Waals surface area (Å²) in [4.78, 5) is 12.0. The van der Waals surface area contributed by atoms with E-state index in [0.29, 0.717) is 5.56 Å². The van der Waals surface area contributed by atoms with Crippen molar-refractivity contribution >= 4 is 17.2 Å². The SMILES string of the molecule is CC(C(=O)NCC(O)c1cccc(OC(F)F)c1)c1ccsc1. The van der Waals surface area contributed by atoms with E-state index in [1.165, 1.54) is 29.5 Å². The number of nitrogens with one attached hydrogen (secondary N) is 1. The highest BCUT2D eigenvalue weighted by Crippen LogP contribution is 2.21. The van der Waals surface area contributed by atoms with Crippen LogP contribution in [0.15, 0.2) is 41.1 Å². The van der Waals surface area contributed by atoms with Crippen LogP contribution in [0.4, 0.5) is 8.78 Å². The van der Waals surface area contributed by atoms with E-state index < -0.39 is 12.7 Å². The molecule has 1 aromatic heterocycles. The van der Waals surface area contributed by atoms with Gasteiger partial charge in [-0.2, -0.15) is 20.1 Å². The van der Waals surface area contributed by atoms with Crippen molar-refractivity contribution < 1.29 is 23.4 Å². The summed E-state index contributed by atoms with van der Waals surface area (Å²) in [6.45, 7) is -1.15. The second-order valence-electron chi connectivity index (χ2n) is 4.99. The zero-order valence-electron chi connectivity index (χ0n) is 12.4. The average molecular weight is 341 g/mol. The van der Waals surface area contributed by atoms with Gasteiger partial charge in [0.1, 0.15) is 5.75 Å². The van der Waals surface area contributed by atoms with Crippen molar-refractivity contribution in [2.24, 2.45) is 0 Å². The monoisotopic (exact) mass is 341 g/mol. The third-order valence-corrected chi connectivity index (χ3v) is 4.08. The van der Waals surface area contributed by atoms with Gasteiger partial charge in [-0.3, -0.25) is 4.79 Å². The average Bonchev–Trinajstić information content (AvgIpc) is 3.05. The molecule has 4 nitrogen and oxygen atoms in total. The van der Waals surface area contributed by atoms with Crippen molar-refractivity contribution in [2.75, 3.05) is 6.54 Å². The fraction of sp³-hybridized carbons (Fsp3) is 0.312. The van der Waals surface area contributed by atoms with Crippen LogP contribution in [0.25, 0.3) is 0 Å². The zero-order valence-corrected chi connectivity index (χ0v) is 13.2. The second-order valence-corrected chi connectivity index (χ2v) is 5.77. The highest BCUT2D eigenvalue weighted by atomic mass is 32.1. The minimum atomic E-state index is -2.92. The topological polar surface area (TPSA) is 58.6 Å². The zero-order chi connectivity index (χ0) is 16.8. The molecule has 2 aromatic rings.